The molecular weight excluding hydrogens is 773 g/mol. The molecule has 4 aromatic heterocycles. The van der Waals surface area contributed by atoms with Crippen molar-refractivity contribution < 1.29 is 18.9 Å². The van der Waals surface area contributed by atoms with Crippen LogP contribution in [0.1, 0.15) is 43.7 Å². The van der Waals surface area contributed by atoms with Gasteiger partial charge in [0.25, 0.3) is 11.1 Å². The number of methoxy groups -OCH3 is 4. The highest BCUT2D eigenvalue weighted by molar-refractivity contribution is 5.69. The minimum Gasteiger partial charge on any atom is -0.493 e. The number of piperidine rings is 2. The number of ether oxygens (including phenoxy) is 4. The van der Waals surface area contributed by atoms with Gasteiger partial charge in [-0.25, -0.2) is 9.97 Å². The van der Waals surface area contributed by atoms with Gasteiger partial charge in [0.1, 0.15) is 11.3 Å². The summed E-state index contributed by atoms with van der Waals surface area (Å²) in [4.78, 5) is 40.3. The zero-order chi connectivity index (χ0) is 43.2. The van der Waals surface area contributed by atoms with E-state index < -0.39 is 0 Å². The molecule has 2 aliphatic heterocycles. The van der Waals surface area contributed by atoms with Crippen molar-refractivity contribution in [2.24, 2.45) is 0 Å². The van der Waals surface area contributed by atoms with E-state index in [9.17, 15) is 9.59 Å². The second-order valence-corrected chi connectivity index (χ2v) is 15.6. The Bertz CT molecular complexity index is 2610. The Balaban J connectivity index is 0.000000184. The van der Waals surface area contributed by atoms with Crippen LogP contribution in [0.3, 0.4) is 0 Å². The number of pyridine rings is 2. The smallest absolute Gasteiger partial charge is 0.258 e. The highest BCUT2D eigenvalue weighted by atomic mass is 16.5. The molecule has 2 aliphatic rings. The van der Waals surface area contributed by atoms with E-state index in [-0.39, 0.29) is 11.1 Å². The van der Waals surface area contributed by atoms with Gasteiger partial charge in [-0.1, -0.05) is 6.92 Å². The first-order valence-electron chi connectivity index (χ1n) is 21.0. The maximum absolute atomic E-state index is 13.0. The van der Waals surface area contributed by atoms with Gasteiger partial charge in [-0.15, -0.1) is 0 Å². The van der Waals surface area contributed by atoms with Crippen LogP contribution in [-0.2, 0) is 0 Å². The quantitative estimate of drug-likeness (QED) is 0.155. The average molecular weight is 831 g/mol. The average Bonchev–Trinajstić information content (AvgIpc) is 3.29. The van der Waals surface area contributed by atoms with Crippen molar-refractivity contribution in [2.75, 3.05) is 78.0 Å². The Kier molecular flexibility index (Phi) is 13.4. The number of anilines is 2. The lowest BCUT2D eigenvalue weighted by Gasteiger charge is -2.34. The molecule has 0 amide bonds. The minimum absolute atomic E-state index is 0.0951. The highest BCUT2D eigenvalue weighted by Crippen LogP contribution is 2.33. The fraction of sp³-hybridized carbons (Fsp3) is 0.404. The molecule has 2 N–H and O–H groups in total. The number of nitrogens with one attached hydrogen (secondary N) is 2. The Morgan fingerprint density at radius 3 is 1.38 bits per heavy atom. The first-order valence-corrected chi connectivity index (χ1v) is 21.0. The van der Waals surface area contributed by atoms with Crippen LogP contribution in [0.4, 0.5) is 11.4 Å². The van der Waals surface area contributed by atoms with Crippen molar-refractivity contribution in [2.45, 2.75) is 58.5 Å². The molecule has 6 aromatic rings. The fourth-order valence-corrected chi connectivity index (χ4v) is 8.39. The molecule has 14 heteroatoms. The van der Waals surface area contributed by atoms with E-state index >= 15 is 0 Å². The second-order valence-electron chi connectivity index (χ2n) is 15.6. The molecule has 0 spiro atoms. The van der Waals surface area contributed by atoms with Gasteiger partial charge in [-0.05, 0) is 113 Å². The van der Waals surface area contributed by atoms with Gasteiger partial charge in [-0.3, -0.25) is 18.4 Å². The van der Waals surface area contributed by atoms with Gasteiger partial charge in [0.2, 0.25) is 0 Å². The third-order valence-electron chi connectivity index (χ3n) is 11.8. The molecule has 2 aromatic carbocycles. The van der Waals surface area contributed by atoms with Crippen molar-refractivity contribution in [3.63, 3.8) is 0 Å². The Labute approximate surface area is 357 Å². The van der Waals surface area contributed by atoms with E-state index in [2.05, 4.69) is 39.5 Å². The second kappa shape index (κ2) is 19.1. The van der Waals surface area contributed by atoms with Gasteiger partial charge in [0, 0.05) is 73.9 Å². The lowest BCUT2D eigenvalue weighted by Crippen LogP contribution is -2.42. The number of aryl methyl sites for hydroxylation is 2. The molecule has 6 heterocycles. The van der Waals surface area contributed by atoms with Crippen LogP contribution in [0.15, 0.2) is 82.6 Å². The van der Waals surface area contributed by atoms with E-state index in [0.29, 0.717) is 57.8 Å². The van der Waals surface area contributed by atoms with Gasteiger partial charge >= 0.3 is 0 Å². The number of nitrogens with zero attached hydrogens (tertiary/aromatic N) is 6. The van der Waals surface area contributed by atoms with Crippen molar-refractivity contribution in [1.82, 2.24) is 29.4 Å². The molecule has 14 nitrogen and oxygen atoms in total. The predicted octanol–water partition coefficient (Wildman–Crippen LogP) is 6.14. The normalized spacial score (nSPS) is 14.8. The summed E-state index contributed by atoms with van der Waals surface area (Å²) < 4.78 is 24.7. The molecule has 0 atom stereocenters. The van der Waals surface area contributed by atoms with Gasteiger partial charge < -0.3 is 39.4 Å². The molecule has 8 rings (SSSR count). The molecule has 0 radical (unpaired) electrons. The number of fused-ring (bicyclic) bond motifs is 2. The maximum atomic E-state index is 13.0. The molecule has 2 fully saturated rings. The summed E-state index contributed by atoms with van der Waals surface area (Å²) >= 11 is 0. The molecule has 61 heavy (non-hydrogen) atoms. The SMILES string of the molecule is CCNC1CCN(c2cc(C)c3nc(-c4ccc(OC)c(OC)c4)cc(=O)n3c2)CC1.CNC1CCN(c2cc(C)c3nc(-c4ccc(OC)c(OC)c4)cc(=O)n3c2)CC1. The Morgan fingerprint density at radius 1 is 0.590 bits per heavy atom. The van der Waals surface area contributed by atoms with Gasteiger partial charge in [0.15, 0.2) is 23.0 Å². The molecule has 2 saturated heterocycles. The number of aromatic nitrogens is 4. The number of hydrogen-bond acceptors (Lipinski definition) is 12. The summed E-state index contributed by atoms with van der Waals surface area (Å²) in [5.41, 5.74) is 8.09. The van der Waals surface area contributed by atoms with E-state index in [4.69, 9.17) is 28.9 Å². The summed E-state index contributed by atoms with van der Waals surface area (Å²) in [5.74, 6) is 2.49. The van der Waals surface area contributed by atoms with E-state index in [1.54, 1.807) is 49.4 Å². The minimum atomic E-state index is -0.0974. The van der Waals surface area contributed by atoms with E-state index in [1.165, 1.54) is 0 Å². The van der Waals surface area contributed by atoms with Crippen LogP contribution in [0, 0.1) is 13.8 Å². The van der Waals surface area contributed by atoms with Crippen LogP contribution in [0.5, 0.6) is 23.0 Å². The summed E-state index contributed by atoms with van der Waals surface area (Å²) in [5, 5.41) is 6.89. The highest BCUT2D eigenvalue weighted by Gasteiger charge is 2.22. The van der Waals surface area contributed by atoms with Gasteiger partial charge in [-0.2, -0.15) is 0 Å². The van der Waals surface area contributed by atoms with Crippen LogP contribution < -0.4 is 50.5 Å². The molecule has 0 saturated carbocycles. The number of benzene rings is 2. The maximum Gasteiger partial charge on any atom is 0.258 e. The lowest BCUT2D eigenvalue weighted by atomic mass is 10.0. The monoisotopic (exact) mass is 830 g/mol. The van der Waals surface area contributed by atoms with Crippen LogP contribution in [0.2, 0.25) is 0 Å². The third-order valence-corrected chi connectivity index (χ3v) is 11.8. The summed E-state index contributed by atoms with van der Waals surface area (Å²) in [6, 6.07) is 19.7. The van der Waals surface area contributed by atoms with Crippen molar-refractivity contribution in [3.8, 4) is 45.5 Å². The molecule has 0 aliphatic carbocycles. The number of rotatable bonds is 11. The first kappa shape index (κ1) is 43.0. The first-order chi connectivity index (χ1) is 29.6. The van der Waals surface area contributed by atoms with Crippen molar-refractivity contribution >= 4 is 22.7 Å². The van der Waals surface area contributed by atoms with Crippen molar-refractivity contribution in [1.29, 1.82) is 0 Å². The Morgan fingerprint density at radius 2 is 1.00 bits per heavy atom. The molecule has 322 valence electrons. The van der Waals surface area contributed by atoms with Crippen LogP contribution >= 0.6 is 0 Å². The molecular formula is C47H58N8O6. The Hall–Kier alpha value is -6.12. The molecule has 0 unspecified atom stereocenters. The third kappa shape index (κ3) is 9.30. The lowest BCUT2D eigenvalue weighted by molar-refractivity contribution is 0.355. The van der Waals surface area contributed by atoms with Crippen LogP contribution in [-0.4, -0.2) is 99.1 Å². The van der Waals surface area contributed by atoms with E-state index in [0.717, 1.165) is 92.0 Å². The zero-order valence-corrected chi connectivity index (χ0v) is 36.6. The van der Waals surface area contributed by atoms with Crippen LogP contribution in [0.25, 0.3) is 33.8 Å². The number of hydrogen-bond donors (Lipinski definition) is 2. The fourth-order valence-electron chi connectivity index (χ4n) is 8.39. The zero-order valence-electron chi connectivity index (χ0n) is 36.6. The topological polar surface area (TPSA) is 136 Å². The largest absolute Gasteiger partial charge is 0.493 e. The predicted molar refractivity (Wildman–Crippen MR) is 243 cm³/mol. The van der Waals surface area contributed by atoms with Crippen molar-refractivity contribution in [3.05, 3.63) is 105 Å². The molecule has 0 bridgehead atoms. The standard InChI is InChI=1S/C24H30N4O3.C23H28N4O3/c1-5-25-18-8-10-27(11-9-18)19-12-16(2)24-26-20(14-23(29)28(24)15-19)17-6-7-21(30-3)22(13-17)31-4;1-15-11-18(26-9-7-17(24-2)8-10-26)14-27-22(28)13-19(25-23(15)27)16-5-6-20(29-3)21(12-16)30-4/h6-7,12-15,18,25H,5,8-11H2,1-4H3;5-6,11-14,17,24H,7-10H2,1-4H3. The van der Waals surface area contributed by atoms with Gasteiger partial charge in [0.05, 0.1) is 51.2 Å². The summed E-state index contributed by atoms with van der Waals surface area (Å²) in [7, 11) is 8.40. The summed E-state index contributed by atoms with van der Waals surface area (Å²) in [6.45, 7) is 11.1. The van der Waals surface area contributed by atoms with E-state index in [1.807, 2.05) is 69.7 Å². The summed E-state index contributed by atoms with van der Waals surface area (Å²) in [6.07, 6.45) is 8.24.